The minimum Gasteiger partial charge on any atom is -0.465 e. The van der Waals surface area contributed by atoms with Gasteiger partial charge in [0.1, 0.15) is 5.69 Å². The van der Waals surface area contributed by atoms with Crippen LogP contribution in [0.5, 0.6) is 0 Å². The van der Waals surface area contributed by atoms with Crippen LogP contribution in [0.25, 0.3) is 0 Å². The Hall–Kier alpha value is -2.43. The molecule has 1 aromatic heterocycles. The summed E-state index contributed by atoms with van der Waals surface area (Å²) in [5, 5.41) is 2.87. The summed E-state index contributed by atoms with van der Waals surface area (Å²) >= 11 is 0. The normalized spacial score (nSPS) is 11.8. The molecule has 0 fully saturated rings. The number of carbonyl (C=O) groups excluding carboxylic acids is 1. The average Bonchev–Trinajstić information content (AvgIpc) is 2.93. The van der Waals surface area contributed by atoms with Crippen LogP contribution in [0.1, 0.15) is 18.4 Å². The summed E-state index contributed by atoms with van der Waals surface area (Å²) in [6.45, 7) is 2.54. The standard InChI is InChI=1S/C15H16N2O3/c1-2-20-15(18)14(12-6-4-3-5-7-12)11-17-9-8-13(10-17)16-19/h3-10,14H,2,11H2,1H3. The minimum absolute atomic E-state index is 0.270. The molecule has 5 nitrogen and oxygen atoms in total. The topological polar surface area (TPSA) is 60.7 Å². The largest absolute Gasteiger partial charge is 0.465 e. The number of hydrogen-bond acceptors (Lipinski definition) is 4. The number of nitrogens with zero attached hydrogens (tertiary/aromatic N) is 2. The monoisotopic (exact) mass is 272 g/mol. The van der Waals surface area contributed by atoms with Crippen molar-refractivity contribution >= 4 is 11.7 Å². The SMILES string of the molecule is CCOC(=O)C(Cn1ccc(N=O)c1)c1ccccc1. The summed E-state index contributed by atoms with van der Waals surface area (Å²) in [6, 6.07) is 11.1. The van der Waals surface area contributed by atoms with E-state index in [-0.39, 0.29) is 5.97 Å². The molecule has 1 atom stereocenters. The smallest absolute Gasteiger partial charge is 0.315 e. The quantitative estimate of drug-likeness (QED) is 0.599. The predicted octanol–water partition coefficient (Wildman–Crippen LogP) is 3.23. The van der Waals surface area contributed by atoms with Crippen LogP contribution >= 0.6 is 0 Å². The van der Waals surface area contributed by atoms with E-state index in [2.05, 4.69) is 5.18 Å². The Morgan fingerprint density at radius 1 is 1.30 bits per heavy atom. The first-order valence-corrected chi connectivity index (χ1v) is 6.45. The Morgan fingerprint density at radius 3 is 2.65 bits per heavy atom. The molecule has 5 heteroatoms. The predicted molar refractivity (Wildman–Crippen MR) is 75.7 cm³/mol. The molecular formula is C15H16N2O3. The summed E-state index contributed by atoms with van der Waals surface area (Å²) in [5.41, 5.74) is 1.24. The summed E-state index contributed by atoms with van der Waals surface area (Å²) in [5.74, 6) is -0.670. The van der Waals surface area contributed by atoms with Gasteiger partial charge in [0, 0.05) is 18.9 Å². The summed E-state index contributed by atoms with van der Waals surface area (Å²) in [6.07, 6.45) is 3.34. The van der Waals surface area contributed by atoms with Gasteiger partial charge in [-0.3, -0.25) is 4.79 Å². The molecule has 1 heterocycles. The molecule has 0 aliphatic rings. The molecule has 0 spiro atoms. The Morgan fingerprint density at radius 2 is 2.05 bits per heavy atom. The van der Waals surface area contributed by atoms with Crippen LogP contribution in [-0.4, -0.2) is 17.1 Å². The number of aromatic nitrogens is 1. The maximum Gasteiger partial charge on any atom is 0.315 e. The lowest BCUT2D eigenvalue weighted by molar-refractivity contribution is -0.145. The van der Waals surface area contributed by atoms with Crippen molar-refractivity contribution in [3.63, 3.8) is 0 Å². The molecule has 2 aromatic rings. The van der Waals surface area contributed by atoms with Gasteiger partial charge in [-0.2, -0.15) is 0 Å². The fourth-order valence-electron chi connectivity index (χ4n) is 2.05. The van der Waals surface area contributed by atoms with Gasteiger partial charge in [-0.1, -0.05) is 30.3 Å². The second-order valence-corrected chi connectivity index (χ2v) is 4.37. The van der Waals surface area contributed by atoms with Crippen LogP contribution in [0.3, 0.4) is 0 Å². The summed E-state index contributed by atoms with van der Waals surface area (Å²) in [7, 11) is 0. The van der Waals surface area contributed by atoms with Gasteiger partial charge < -0.3 is 9.30 Å². The third-order valence-corrected chi connectivity index (χ3v) is 3.01. The molecule has 2 rings (SSSR count). The Labute approximate surface area is 117 Å². The average molecular weight is 272 g/mol. The van der Waals surface area contributed by atoms with E-state index in [0.29, 0.717) is 18.8 Å². The first-order valence-electron chi connectivity index (χ1n) is 6.45. The number of carbonyl (C=O) groups is 1. The Kier molecular flexibility index (Phi) is 4.65. The maximum absolute atomic E-state index is 12.1. The minimum atomic E-state index is -0.400. The van der Waals surface area contributed by atoms with Gasteiger partial charge in [0.2, 0.25) is 0 Å². The zero-order valence-corrected chi connectivity index (χ0v) is 11.2. The van der Waals surface area contributed by atoms with Crippen LogP contribution in [0.2, 0.25) is 0 Å². The van der Waals surface area contributed by atoms with E-state index >= 15 is 0 Å². The van der Waals surface area contributed by atoms with E-state index in [1.807, 2.05) is 30.3 Å². The van der Waals surface area contributed by atoms with Crippen molar-refractivity contribution in [3.8, 4) is 0 Å². The summed E-state index contributed by atoms with van der Waals surface area (Å²) in [4.78, 5) is 22.6. The molecule has 0 saturated heterocycles. The highest BCUT2D eigenvalue weighted by Crippen LogP contribution is 2.21. The van der Waals surface area contributed by atoms with Gasteiger partial charge in [-0.05, 0) is 23.7 Å². The van der Waals surface area contributed by atoms with Crippen molar-refractivity contribution in [2.75, 3.05) is 6.61 Å². The summed E-state index contributed by atoms with van der Waals surface area (Å²) < 4.78 is 6.90. The number of hydrogen-bond donors (Lipinski definition) is 0. The Bertz CT molecular complexity index is 578. The highest BCUT2D eigenvalue weighted by molar-refractivity contribution is 5.78. The molecule has 0 amide bonds. The van der Waals surface area contributed by atoms with Crippen LogP contribution in [0.15, 0.2) is 54.0 Å². The van der Waals surface area contributed by atoms with Crippen LogP contribution in [0.4, 0.5) is 5.69 Å². The molecule has 1 unspecified atom stereocenters. The fraction of sp³-hybridized carbons (Fsp3) is 0.267. The highest BCUT2D eigenvalue weighted by atomic mass is 16.5. The third-order valence-electron chi connectivity index (χ3n) is 3.01. The van der Waals surface area contributed by atoms with E-state index in [1.165, 1.54) is 0 Å². The second kappa shape index (κ2) is 6.65. The molecule has 20 heavy (non-hydrogen) atoms. The van der Waals surface area contributed by atoms with Gasteiger partial charge in [-0.15, -0.1) is 4.91 Å². The molecule has 104 valence electrons. The van der Waals surface area contributed by atoms with Gasteiger partial charge in [-0.25, -0.2) is 0 Å². The van der Waals surface area contributed by atoms with Gasteiger partial charge >= 0.3 is 5.97 Å². The lowest BCUT2D eigenvalue weighted by Crippen LogP contribution is -2.20. The van der Waals surface area contributed by atoms with Crippen LogP contribution in [-0.2, 0) is 16.1 Å². The zero-order valence-electron chi connectivity index (χ0n) is 11.2. The number of benzene rings is 1. The van der Waals surface area contributed by atoms with Crippen molar-refractivity contribution in [3.05, 3.63) is 59.3 Å². The van der Waals surface area contributed by atoms with Crippen LogP contribution < -0.4 is 0 Å². The van der Waals surface area contributed by atoms with E-state index < -0.39 is 5.92 Å². The molecule has 0 aliphatic heterocycles. The highest BCUT2D eigenvalue weighted by Gasteiger charge is 2.22. The van der Waals surface area contributed by atoms with Crippen molar-refractivity contribution in [1.82, 2.24) is 4.57 Å². The van der Waals surface area contributed by atoms with Crippen molar-refractivity contribution < 1.29 is 9.53 Å². The molecule has 0 N–H and O–H groups in total. The van der Waals surface area contributed by atoms with E-state index in [1.54, 1.807) is 30.0 Å². The zero-order chi connectivity index (χ0) is 14.4. The van der Waals surface area contributed by atoms with Crippen molar-refractivity contribution in [2.45, 2.75) is 19.4 Å². The van der Waals surface area contributed by atoms with E-state index in [9.17, 15) is 9.70 Å². The molecule has 1 aromatic carbocycles. The molecular weight excluding hydrogens is 256 g/mol. The third kappa shape index (κ3) is 3.32. The van der Waals surface area contributed by atoms with E-state index in [4.69, 9.17) is 4.74 Å². The number of rotatable bonds is 6. The number of esters is 1. The van der Waals surface area contributed by atoms with Crippen molar-refractivity contribution in [1.29, 1.82) is 0 Å². The lowest BCUT2D eigenvalue weighted by Gasteiger charge is -2.16. The second-order valence-electron chi connectivity index (χ2n) is 4.37. The van der Waals surface area contributed by atoms with Crippen LogP contribution in [0, 0.1) is 4.91 Å². The molecule has 0 saturated carbocycles. The number of nitroso groups, excluding NO2 is 1. The fourth-order valence-corrected chi connectivity index (χ4v) is 2.05. The lowest BCUT2D eigenvalue weighted by atomic mass is 9.99. The van der Waals surface area contributed by atoms with Crippen molar-refractivity contribution in [2.24, 2.45) is 5.18 Å². The van der Waals surface area contributed by atoms with E-state index in [0.717, 1.165) is 5.56 Å². The molecule has 0 bridgehead atoms. The first-order chi connectivity index (χ1) is 9.74. The molecule has 0 radical (unpaired) electrons. The van der Waals surface area contributed by atoms with Gasteiger partial charge in [0.05, 0.1) is 12.5 Å². The molecule has 0 aliphatic carbocycles. The first kappa shape index (κ1) is 14.0. The van der Waals surface area contributed by atoms with Gasteiger partial charge in [0.15, 0.2) is 0 Å². The maximum atomic E-state index is 12.1. The Balaban J connectivity index is 2.22. The van der Waals surface area contributed by atoms with Gasteiger partial charge in [0.25, 0.3) is 0 Å². The number of ether oxygens (including phenoxy) is 1.